The Labute approximate surface area is 222 Å². The lowest BCUT2D eigenvalue weighted by Gasteiger charge is -2.20. The predicted octanol–water partition coefficient (Wildman–Crippen LogP) is 6.48. The first-order chi connectivity index (χ1) is 16.8. The zero-order valence-corrected chi connectivity index (χ0v) is 23.7. The molecule has 35 heavy (non-hydrogen) atoms. The minimum absolute atomic E-state index is 0.0162. The number of carbonyl (C=O) groups is 1. The molecule has 3 rings (SSSR count). The molecule has 2 aromatic rings. The van der Waals surface area contributed by atoms with Gasteiger partial charge in [-0.25, -0.2) is 0 Å². The van der Waals surface area contributed by atoms with Crippen molar-refractivity contribution in [2.24, 2.45) is 0 Å². The van der Waals surface area contributed by atoms with E-state index in [9.17, 15) is 4.79 Å². The molecule has 1 saturated carbocycles. The van der Waals surface area contributed by atoms with Gasteiger partial charge < -0.3 is 28.4 Å². The molecule has 0 saturated heterocycles. The number of hydrogen-bond donors (Lipinski definition) is 0. The average molecular weight is 612 g/mol. The van der Waals surface area contributed by atoms with Crippen LogP contribution in [0.3, 0.4) is 0 Å². The molecule has 0 bridgehead atoms. The van der Waals surface area contributed by atoms with Gasteiger partial charge in [-0.15, -0.1) is 0 Å². The summed E-state index contributed by atoms with van der Waals surface area (Å²) in [6.07, 6.45) is 5.90. The highest BCUT2D eigenvalue weighted by Gasteiger charge is 2.25. The molecule has 7 nitrogen and oxygen atoms in total. The summed E-state index contributed by atoms with van der Waals surface area (Å²) in [5.74, 6) is 2.97. The Morgan fingerprint density at radius 1 is 0.629 bits per heavy atom. The van der Waals surface area contributed by atoms with Gasteiger partial charge in [0.25, 0.3) is 0 Å². The van der Waals surface area contributed by atoms with Crippen LogP contribution in [0.5, 0.6) is 34.5 Å². The van der Waals surface area contributed by atoms with Crippen LogP contribution in [0, 0.1) is 0 Å². The number of carbonyl (C=O) groups excluding carboxylic acids is 1. The number of methoxy groups -OCH3 is 6. The van der Waals surface area contributed by atoms with Crippen LogP contribution >= 0.6 is 31.9 Å². The standard InChI is InChI=1S/C26H28Br2O7/c1-30-18-12-16(20(27)25(34-5)23(18)32-3)10-14-8-7-9-15(22(14)29)11-17-13-19(31-2)24(33-4)26(35-6)21(17)28/h10-13H,7-9H2,1-6H3/b14-10+,15-11+. The third-order valence-electron chi connectivity index (χ3n) is 5.73. The van der Waals surface area contributed by atoms with E-state index in [1.165, 1.54) is 0 Å². The zero-order valence-electron chi connectivity index (χ0n) is 20.5. The Balaban J connectivity index is 2.07. The first-order valence-corrected chi connectivity index (χ1v) is 12.4. The quantitative estimate of drug-likeness (QED) is 0.316. The molecule has 0 radical (unpaired) electrons. The number of rotatable bonds is 8. The molecule has 0 amide bonds. The van der Waals surface area contributed by atoms with Gasteiger partial charge >= 0.3 is 0 Å². The van der Waals surface area contributed by atoms with Crippen molar-refractivity contribution in [3.8, 4) is 34.5 Å². The summed E-state index contributed by atoms with van der Waals surface area (Å²) in [5, 5.41) is 0. The predicted molar refractivity (Wildman–Crippen MR) is 142 cm³/mol. The Bertz CT molecular complexity index is 1100. The molecule has 1 aliphatic carbocycles. The lowest BCUT2D eigenvalue weighted by Crippen LogP contribution is -2.12. The van der Waals surface area contributed by atoms with Crippen molar-refractivity contribution in [3.05, 3.63) is 43.4 Å². The van der Waals surface area contributed by atoms with Gasteiger partial charge in [0.1, 0.15) is 0 Å². The molecule has 0 heterocycles. The van der Waals surface area contributed by atoms with Crippen molar-refractivity contribution in [1.82, 2.24) is 0 Å². The summed E-state index contributed by atoms with van der Waals surface area (Å²) < 4.78 is 34.3. The monoisotopic (exact) mass is 610 g/mol. The van der Waals surface area contributed by atoms with Crippen molar-refractivity contribution in [1.29, 1.82) is 0 Å². The zero-order chi connectivity index (χ0) is 25.7. The number of halogens is 2. The fourth-order valence-electron chi connectivity index (χ4n) is 4.04. The molecular weight excluding hydrogens is 584 g/mol. The maximum Gasteiger partial charge on any atom is 0.204 e. The van der Waals surface area contributed by atoms with Crippen LogP contribution in [0.15, 0.2) is 32.2 Å². The number of allylic oxidation sites excluding steroid dienone is 2. The van der Waals surface area contributed by atoms with E-state index >= 15 is 0 Å². The van der Waals surface area contributed by atoms with E-state index in [0.29, 0.717) is 67.4 Å². The number of ether oxygens (including phenoxy) is 6. The fourth-order valence-corrected chi connectivity index (χ4v) is 5.19. The largest absolute Gasteiger partial charge is 0.493 e. The van der Waals surface area contributed by atoms with Gasteiger partial charge in [-0.3, -0.25) is 4.79 Å². The van der Waals surface area contributed by atoms with Crippen LogP contribution in [-0.4, -0.2) is 48.4 Å². The summed E-state index contributed by atoms with van der Waals surface area (Å²) in [7, 11) is 9.33. The topological polar surface area (TPSA) is 72.5 Å². The molecule has 188 valence electrons. The van der Waals surface area contributed by atoms with E-state index in [4.69, 9.17) is 28.4 Å². The highest BCUT2D eigenvalue weighted by molar-refractivity contribution is 9.11. The van der Waals surface area contributed by atoms with Crippen LogP contribution in [0.1, 0.15) is 30.4 Å². The first-order valence-electron chi connectivity index (χ1n) is 10.8. The highest BCUT2D eigenvalue weighted by Crippen LogP contribution is 2.47. The molecule has 2 aromatic carbocycles. The van der Waals surface area contributed by atoms with E-state index in [0.717, 1.165) is 17.5 Å². The molecule has 9 heteroatoms. The summed E-state index contributed by atoms with van der Waals surface area (Å²) in [5.41, 5.74) is 2.92. The smallest absolute Gasteiger partial charge is 0.204 e. The molecular formula is C26H28Br2O7. The third kappa shape index (κ3) is 5.30. The van der Waals surface area contributed by atoms with Crippen molar-refractivity contribution >= 4 is 49.8 Å². The van der Waals surface area contributed by atoms with Gasteiger partial charge in [-0.2, -0.15) is 0 Å². The fraction of sp³-hybridized carbons (Fsp3) is 0.346. The molecule has 0 unspecified atom stereocenters. The van der Waals surface area contributed by atoms with Gasteiger partial charge in [0, 0.05) is 11.1 Å². The normalized spacial score (nSPS) is 15.8. The minimum Gasteiger partial charge on any atom is -0.493 e. The van der Waals surface area contributed by atoms with Crippen LogP contribution in [-0.2, 0) is 4.79 Å². The van der Waals surface area contributed by atoms with Gasteiger partial charge in [0.05, 0.1) is 51.6 Å². The van der Waals surface area contributed by atoms with Crippen LogP contribution < -0.4 is 28.4 Å². The molecule has 0 atom stereocenters. The molecule has 0 aliphatic heterocycles. The van der Waals surface area contributed by atoms with Gasteiger partial charge in [0.15, 0.2) is 28.8 Å². The maximum absolute atomic E-state index is 13.5. The summed E-state index contributed by atoms with van der Waals surface area (Å²) in [6, 6.07) is 3.64. The second-order valence-corrected chi connectivity index (χ2v) is 9.20. The summed E-state index contributed by atoms with van der Waals surface area (Å²) >= 11 is 7.18. The minimum atomic E-state index is -0.0162. The van der Waals surface area contributed by atoms with Crippen molar-refractivity contribution in [2.75, 3.05) is 42.7 Å². The Hall–Kier alpha value is -2.65. The van der Waals surface area contributed by atoms with Crippen molar-refractivity contribution in [3.63, 3.8) is 0 Å². The summed E-state index contributed by atoms with van der Waals surface area (Å²) in [4.78, 5) is 13.5. The molecule has 0 N–H and O–H groups in total. The second kappa shape index (κ2) is 11.9. The van der Waals surface area contributed by atoms with Crippen LogP contribution in [0.4, 0.5) is 0 Å². The second-order valence-electron chi connectivity index (χ2n) is 7.62. The summed E-state index contributed by atoms with van der Waals surface area (Å²) in [6.45, 7) is 0. The number of Topliss-reactive ketones (excluding diaryl/α,β-unsaturated/α-hetero) is 1. The van der Waals surface area contributed by atoms with Crippen molar-refractivity contribution in [2.45, 2.75) is 19.3 Å². The number of hydrogen-bond acceptors (Lipinski definition) is 7. The van der Waals surface area contributed by atoms with E-state index in [-0.39, 0.29) is 5.78 Å². The van der Waals surface area contributed by atoms with E-state index in [1.54, 1.807) is 42.7 Å². The van der Waals surface area contributed by atoms with E-state index in [2.05, 4.69) is 31.9 Å². The van der Waals surface area contributed by atoms with Crippen LogP contribution in [0.25, 0.3) is 12.2 Å². The molecule has 0 aromatic heterocycles. The third-order valence-corrected chi connectivity index (χ3v) is 7.37. The lowest BCUT2D eigenvalue weighted by molar-refractivity contribution is -0.112. The van der Waals surface area contributed by atoms with Gasteiger partial charge in [0.2, 0.25) is 11.5 Å². The SMILES string of the molecule is COc1cc(/C=C2\CCC/C(=C\c3cc(OC)c(OC)c(OC)c3Br)C2=O)c(Br)c(OC)c1OC. The van der Waals surface area contributed by atoms with Gasteiger partial charge in [-0.1, -0.05) is 0 Å². The Kier molecular flexibility index (Phi) is 9.13. The van der Waals surface area contributed by atoms with E-state index < -0.39 is 0 Å². The molecule has 1 fully saturated rings. The molecule has 0 spiro atoms. The number of ketones is 1. The van der Waals surface area contributed by atoms with Crippen LogP contribution in [0.2, 0.25) is 0 Å². The highest BCUT2D eigenvalue weighted by atomic mass is 79.9. The average Bonchev–Trinajstić information content (AvgIpc) is 2.87. The first kappa shape index (κ1) is 26.9. The Morgan fingerprint density at radius 2 is 1.00 bits per heavy atom. The Morgan fingerprint density at radius 3 is 1.31 bits per heavy atom. The van der Waals surface area contributed by atoms with Crippen molar-refractivity contribution < 1.29 is 33.2 Å². The van der Waals surface area contributed by atoms with E-state index in [1.807, 2.05) is 24.3 Å². The molecule has 1 aliphatic rings. The lowest BCUT2D eigenvalue weighted by atomic mass is 9.86. The van der Waals surface area contributed by atoms with Gasteiger partial charge in [-0.05, 0) is 86.5 Å². The number of benzene rings is 2. The maximum atomic E-state index is 13.5.